The van der Waals surface area contributed by atoms with Crippen molar-refractivity contribution in [2.75, 3.05) is 59.2 Å². The zero-order chi connectivity index (χ0) is 26.7. The average Bonchev–Trinajstić information content (AvgIpc) is 3.28. The average molecular weight is 587 g/mol. The Hall–Kier alpha value is -1.80. The summed E-state index contributed by atoms with van der Waals surface area (Å²) in [7, 11) is -3.69. The number of aromatic nitrogens is 2. The Kier molecular flexibility index (Phi) is 8.88. The highest BCUT2D eigenvalue weighted by Crippen LogP contribution is 2.33. The summed E-state index contributed by atoms with van der Waals surface area (Å²) in [5.74, 6) is -1.19. The van der Waals surface area contributed by atoms with E-state index in [0.717, 1.165) is 56.9 Å². The van der Waals surface area contributed by atoms with E-state index < -0.39 is 21.7 Å². The van der Waals surface area contributed by atoms with Gasteiger partial charge >= 0.3 is 0 Å². The lowest BCUT2D eigenvalue weighted by molar-refractivity contribution is 0.0369. The summed E-state index contributed by atoms with van der Waals surface area (Å²) in [6.07, 6.45) is 0.835. The van der Waals surface area contributed by atoms with E-state index in [1.54, 1.807) is 18.2 Å². The predicted octanol–water partition coefficient (Wildman–Crippen LogP) is 4.00. The third-order valence-electron chi connectivity index (χ3n) is 6.74. The molecule has 0 N–H and O–H groups in total. The molecule has 2 aromatic carbocycles. The number of benzene rings is 2. The highest BCUT2D eigenvalue weighted by Gasteiger charge is 2.27. The molecule has 3 heterocycles. The molecule has 13 heteroatoms. The first-order valence-corrected chi connectivity index (χ1v) is 15.3. The Morgan fingerprint density at radius 1 is 0.947 bits per heavy atom. The minimum atomic E-state index is -3.69. The number of nitrogens with zero attached hydrogens (tertiary/aromatic N) is 4. The first-order chi connectivity index (χ1) is 18.3. The topological polar surface area (TPSA) is 76.9 Å². The van der Waals surface area contributed by atoms with Gasteiger partial charge in [-0.2, -0.15) is 4.31 Å². The minimum Gasteiger partial charge on any atom is -0.379 e. The molecule has 0 bridgehead atoms. The van der Waals surface area contributed by atoms with Gasteiger partial charge in [0.1, 0.15) is 11.6 Å². The number of aryl methyl sites for hydroxylation is 1. The first kappa shape index (κ1) is 27.8. The summed E-state index contributed by atoms with van der Waals surface area (Å²) in [6.45, 7) is 6.03. The molecule has 3 aromatic rings. The summed E-state index contributed by atoms with van der Waals surface area (Å²) < 4.78 is 69.0. The lowest BCUT2D eigenvalue weighted by Gasteiger charge is -2.26. The molecular weight excluding hydrogens is 558 g/mol. The summed E-state index contributed by atoms with van der Waals surface area (Å²) in [5, 5.41) is 0.342. The monoisotopic (exact) mass is 586 g/mol. The van der Waals surface area contributed by atoms with Gasteiger partial charge in [-0.15, -0.1) is 0 Å². The van der Waals surface area contributed by atoms with E-state index in [1.807, 2.05) is 4.57 Å². The van der Waals surface area contributed by atoms with Crippen molar-refractivity contribution < 1.29 is 26.7 Å². The zero-order valence-corrected chi connectivity index (χ0v) is 23.1. The fourth-order valence-electron chi connectivity index (χ4n) is 4.63. The molecule has 0 spiro atoms. The quantitative estimate of drug-likeness (QED) is 0.277. The van der Waals surface area contributed by atoms with E-state index in [1.165, 1.54) is 16.1 Å². The van der Waals surface area contributed by atoms with Gasteiger partial charge in [0.25, 0.3) is 0 Å². The van der Waals surface area contributed by atoms with Crippen molar-refractivity contribution in [3.8, 4) is 0 Å². The van der Waals surface area contributed by atoms with E-state index in [4.69, 9.17) is 26.1 Å². The Balaban J connectivity index is 1.43. The third-order valence-corrected chi connectivity index (χ3v) is 10.0. The predicted molar refractivity (Wildman–Crippen MR) is 142 cm³/mol. The highest BCUT2D eigenvalue weighted by atomic mass is 35.5. The van der Waals surface area contributed by atoms with Crippen molar-refractivity contribution in [2.24, 2.45) is 0 Å². The molecule has 0 aliphatic carbocycles. The van der Waals surface area contributed by atoms with Gasteiger partial charge in [0, 0.05) is 50.6 Å². The first-order valence-electron chi connectivity index (χ1n) is 12.5. The van der Waals surface area contributed by atoms with Crippen molar-refractivity contribution in [1.82, 2.24) is 18.8 Å². The van der Waals surface area contributed by atoms with Gasteiger partial charge in [-0.1, -0.05) is 23.4 Å². The summed E-state index contributed by atoms with van der Waals surface area (Å²) in [4.78, 5) is 7.22. The van der Waals surface area contributed by atoms with Gasteiger partial charge in [0.05, 0.1) is 47.4 Å². The van der Waals surface area contributed by atoms with Crippen LogP contribution in [-0.2, 0) is 31.8 Å². The van der Waals surface area contributed by atoms with Crippen molar-refractivity contribution in [2.45, 2.75) is 28.8 Å². The molecule has 0 atom stereocenters. The third kappa shape index (κ3) is 6.01. The van der Waals surface area contributed by atoms with Crippen LogP contribution in [0.3, 0.4) is 0 Å². The number of morpholine rings is 2. The number of ether oxygens (including phenoxy) is 2. The van der Waals surface area contributed by atoms with E-state index >= 15 is 0 Å². The molecule has 5 rings (SSSR count). The largest absolute Gasteiger partial charge is 0.379 e. The van der Waals surface area contributed by atoms with Crippen LogP contribution in [0.5, 0.6) is 0 Å². The van der Waals surface area contributed by atoms with Crippen molar-refractivity contribution >= 4 is 44.4 Å². The van der Waals surface area contributed by atoms with E-state index in [-0.39, 0.29) is 21.2 Å². The molecule has 206 valence electrons. The second-order valence-corrected chi connectivity index (χ2v) is 12.4. The van der Waals surface area contributed by atoms with E-state index in [0.29, 0.717) is 43.5 Å². The molecular formula is C25H29ClF2N4O4S2. The number of thioether (sulfide) groups is 1. The van der Waals surface area contributed by atoms with Crippen LogP contribution >= 0.6 is 23.4 Å². The molecule has 2 saturated heterocycles. The van der Waals surface area contributed by atoms with Crippen molar-refractivity contribution in [1.29, 1.82) is 0 Å². The van der Waals surface area contributed by atoms with Crippen molar-refractivity contribution in [3.63, 3.8) is 0 Å². The van der Waals surface area contributed by atoms with Gasteiger partial charge < -0.3 is 14.0 Å². The number of fused-ring (bicyclic) bond motifs is 1. The lowest BCUT2D eigenvalue weighted by atomic mass is 10.2. The maximum Gasteiger partial charge on any atom is 0.243 e. The van der Waals surface area contributed by atoms with Gasteiger partial charge in [-0.25, -0.2) is 22.2 Å². The van der Waals surface area contributed by atoms with Crippen LogP contribution in [0.4, 0.5) is 8.78 Å². The number of sulfonamides is 1. The molecule has 2 aliphatic heterocycles. The maximum absolute atomic E-state index is 14.4. The molecule has 0 radical (unpaired) electrons. The number of imidazole rings is 1. The van der Waals surface area contributed by atoms with Crippen LogP contribution in [0.25, 0.3) is 11.0 Å². The van der Waals surface area contributed by atoms with Crippen LogP contribution in [0, 0.1) is 11.6 Å². The zero-order valence-electron chi connectivity index (χ0n) is 20.7. The van der Waals surface area contributed by atoms with Gasteiger partial charge in [-0.3, -0.25) is 4.90 Å². The number of halogens is 3. The van der Waals surface area contributed by atoms with Gasteiger partial charge in [0.15, 0.2) is 5.16 Å². The molecule has 2 aliphatic rings. The minimum absolute atomic E-state index is 0.0687. The Bertz CT molecular complexity index is 1390. The maximum atomic E-state index is 14.4. The van der Waals surface area contributed by atoms with Crippen molar-refractivity contribution in [3.05, 3.63) is 52.6 Å². The van der Waals surface area contributed by atoms with Crippen LogP contribution in [-0.4, -0.2) is 86.3 Å². The second kappa shape index (κ2) is 12.2. The second-order valence-electron chi connectivity index (χ2n) is 9.13. The Morgan fingerprint density at radius 2 is 1.63 bits per heavy atom. The number of rotatable bonds is 9. The van der Waals surface area contributed by atoms with E-state index in [2.05, 4.69) is 4.90 Å². The van der Waals surface area contributed by atoms with Crippen LogP contribution < -0.4 is 0 Å². The van der Waals surface area contributed by atoms with Crippen LogP contribution in [0.15, 0.2) is 40.4 Å². The molecule has 1 aromatic heterocycles. The summed E-state index contributed by atoms with van der Waals surface area (Å²) >= 11 is 7.29. The van der Waals surface area contributed by atoms with Gasteiger partial charge in [-0.05, 0) is 36.8 Å². The number of hydrogen-bond acceptors (Lipinski definition) is 7. The van der Waals surface area contributed by atoms with Crippen LogP contribution in [0.2, 0.25) is 5.02 Å². The fraction of sp³-hybridized carbons (Fsp3) is 0.480. The van der Waals surface area contributed by atoms with Crippen LogP contribution in [0.1, 0.15) is 12.0 Å². The smallest absolute Gasteiger partial charge is 0.243 e. The fourth-order valence-corrected chi connectivity index (χ4v) is 7.42. The summed E-state index contributed by atoms with van der Waals surface area (Å²) in [5.41, 5.74) is 1.37. The summed E-state index contributed by atoms with van der Waals surface area (Å²) in [6, 6.07) is 7.02. The molecule has 8 nitrogen and oxygen atoms in total. The molecule has 2 fully saturated rings. The Morgan fingerprint density at radius 3 is 2.37 bits per heavy atom. The SMILES string of the molecule is O=S(=O)(c1ccc2c(c1)nc(SCc1c(F)ccc(F)c1Cl)n2CCCN1CCOCC1)N1CCOCC1. The lowest BCUT2D eigenvalue weighted by Crippen LogP contribution is -2.40. The molecule has 0 amide bonds. The normalized spacial score (nSPS) is 17.9. The number of hydrogen-bond donors (Lipinski definition) is 0. The molecule has 0 saturated carbocycles. The molecule has 38 heavy (non-hydrogen) atoms. The Labute approximate surface area is 229 Å². The van der Waals surface area contributed by atoms with Gasteiger partial charge in [0.2, 0.25) is 10.0 Å². The van der Waals surface area contributed by atoms with E-state index in [9.17, 15) is 17.2 Å². The standard InChI is InChI=1S/C25H29ClF2N4O4S2/c26-24-19(20(27)3-4-21(24)28)17-37-25-29-22-16-18(38(33,34)31-10-14-36-15-11-31)2-5-23(22)32(25)7-1-6-30-8-12-35-13-9-30/h2-5,16H,1,6-15,17H2. The highest BCUT2D eigenvalue weighted by molar-refractivity contribution is 7.98. The molecule has 0 unspecified atom stereocenters.